The van der Waals surface area contributed by atoms with Crippen LogP contribution in [0, 0.1) is 11.3 Å². The third-order valence-corrected chi connectivity index (χ3v) is 3.77. The van der Waals surface area contributed by atoms with Crippen molar-refractivity contribution in [1.29, 1.82) is 5.26 Å². The lowest BCUT2D eigenvalue weighted by Crippen LogP contribution is -2.25. The molecule has 0 aliphatic carbocycles. The van der Waals surface area contributed by atoms with Crippen LogP contribution in [0.3, 0.4) is 0 Å². The summed E-state index contributed by atoms with van der Waals surface area (Å²) in [4.78, 5) is -0.0420. The molecule has 5 nitrogen and oxygen atoms in total. The summed E-state index contributed by atoms with van der Waals surface area (Å²) in [6, 6.07) is 5.98. The molecule has 0 unspecified atom stereocenters. The van der Waals surface area contributed by atoms with Crippen LogP contribution in [-0.2, 0) is 10.0 Å². The van der Waals surface area contributed by atoms with Gasteiger partial charge in [0.05, 0.1) is 10.5 Å². The van der Waals surface area contributed by atoms with Crippen LogP contribution in [0.25, 0.3) is 0 Å². The molecule has 0 saturated carbocycles. The van der Waals surface area contributed by atoms with Gasteiger partial charge >= 0.3 is 0 Å². The van der Waals surface area contributed by atoms with Crippen LogP contribution >= 0.6 is 0 Å². The lowest BCUT2D eigenvalue weighted by Gasteiger charge is -2.07. The van der Waals surface area contributed by atoms with Crippen LogP contribution in [0.4, 0.5) is 5.69 Å². The van der Waals surface area contributed by atoms with Gasteiger partial charge in [0.25, 0.3) is 0 Å². The highest BCUT2D eigenvalue weighted by molar-refractivity contribution is 7.89. The van der Waals surface area contributed by atoms with Gasteiger partial charge in [0.1, 0.15) is 6.07 Å². The highest BCUT2D eigenvalue weighted by Crippen LogP contribution is 2.17. The standard InChI is InChI=1S/C12H15N3O2S/c1-2-3-4-7-15-18(16,17)12-6-5-11(14)8-10(12)9-13/h2-3,5-6,8,15H,4,7,14H2,1H3/b3-2+. The Labute approximate surface area is 107 Å². The summed E-state index contributed by atoms with van der Waals surface area (Å²) >= 11 is 0. The fraction of sp³-hybridized carbons (Fsp3) is 0.250. The molecule has 0 amide bonds. The Morgan fingerprint density at radius 2 is 2.22 bits per heavy atom. The lowest BCUT2D eigenvalue weighted by atomic mass is 10.2. The summed E-state index contributed by atoms with van der Waals surface area (Å²) in [5.41, 5.74) is 5.92. The summed E-state index contributed by atoms with van der Waals surface area (Å²) in [6.45, 7) is 2.16. The van der Waals surface area contributed by atoms with E-state index in [1.165, 1.54) is 18.2 Å². The average molecular weight is 265 g/mol. The van der Waals surface area contributed by atoms with Crippen molar-refractivity contribution in [3.8, 4) is 6.07 Å². The first kappa shape index (κ1) is 14.2. The van der Waals surface area contributed by atoms with Gasteiger partial charge in [-0.05, 0) is 31.5 Å². The first-order chi connectivity index (χ1) is 8.51. The Morgan fingerprint density at radius 1 is 1.50 bits per heavy atom. The minimum atomic E-state index is -3.66. The van der Waals surface area contributed by atoms with Gasteiger partial charge in [0.2, 0.25) is 10.0 Å². The van der Waals surface area contributed by atoms with Crippen molar-refractivity contribution >= 4 is 15.7 Å². The zero-order valence-electron chi connectivity index (χ0n) is 10.1. The molecule has 0 aliphatic rings. The number of rotatable bonds is 5. The smallest absolute Gasteiger partial charge is 0.241 e. The number of hydrogen-bond acceptors (Lipinski definition) is 4. The third kappa shape index (κ3) is 3.58. The normalized spacial score (nSPS) is 11.6. The van der Waals surface area contributed by atoms with E-state index in [1.54, 1.807) is 0 Å². The Kier molecular flexibility index (Phi) is 4.89. The summed E-state index contributed by atoms with van der Waals surface area (Å²) in [7, 11) is -3.66. The average Bonchev–Trinajstić information content (AvgIpc) is 2.34. The predicted molar refractivity (Wildman–Crippen MR) is 70.2 cm³/mol. The van der Waals surface area contributed by atoms with Gasteiger partial charge in [0, 0.05) is 12.2 Å². The molecule has 96 valence electrons. The van der Waals surface area contributed by atoms with E-state index in [2.05, 4.69) is 4.72 Å². The van der Waals surface area contributed by atoms with E-state index in [0.717, 1.165) is 0 Å². The molecule has 6 heteroatoms. The van der Waals surface area contributed by atoms with Gasteiger partial charge in [-0.1, -0.05) is 12.2 Å². The first-order valence-electron chi connectivity index (χ1n) is 5.41. The zero-order chi connectivity index (χ0) is 13.6. The van der Waals surface area contributed by atoms with Crippen molar-refractivity contribution in [2.45, 2.75) is 18.2 Å². The number of sulfonamides is 1. The fourth-order valence-electron chi connectivity index (χ4n) is 1.39. The molecule has 1 aromatic rings. The number of nitrogens with two attached hydrogens (primary N) is 1. The second kappa shape index (κ2) is 6.19. The molecule has 18 heavy (non-hydrogen) atoms. The van der Waals surface area contributed by atoms with E-state index in [1.807, 2.05) is 25.1 Å². The molecule has 0 spiro atoms. The van der Waals surface area contributed by atoms with Crippen LogP contribution in [0.2, 0.25) is 0 Å². The SMILES string of the molecule is C/C=C/CCNS(=O)(=O)c1ccc(N)cc1C#N. The molecule has 0 aliphatic heterocycles. The van der Waals surface area contributed by atoms with Gasteiger partial charge in [-0.15, -0.1) is 0 Å². The largest absolute Gasteiger partial charge is 0.399 e. The van der Waals surface area contributed by atoms with E-state index >= 15 is 0 Å². The van der Waals surface area contributed by atoms with E-state index in [9.17, 15) is 8.42 Å². The van der Waals surface area contributed by atoms with Crippen molar-refractivity contribution in [3.05, 3.63) is 35.9 Å². The minimum Gasteiger partial charge on any atom is -0.399 e. The molecular formula is C12H15N3O2S. The molecule has 1 rings (SSSR count). The summed E-state index contributed by atoms with van der Waals surface area (Å²) in [5.74, 6) is 0. The number of benzene rings is 1. The minimum absolute atomic E-state index is 0.0420. The number of nitrogens with one attached hydrogen (secondary N) is 1. The zero-order valence-corrected chi connectivity index (χ0v) is 10.9. The van der Waals surface area contributed by atoms with Gasteiger partial charge in [0.15, 0.2) is 0 Å². The number of allylic oxidation sites excluding steroid dienone is 1. The van der Waals surface area contributed by atoms with E-state index in [0.29, 0.717) is 18.7 Å². The van der Waals surface area contributed by atoms with Crippen molar-refractivity contribution < 1.29 is 8.42 Å². The summed E-state index contributed by atoms with van der Waals surface area (Å²) in [5, 5.41) is 8.91. The molecular weight excluding hydrogens is 250 g/mol. The number of nitrogen functional groups attached to an aromatic ring is 1. The Morgan fingerprint density at radius 3 is 2.83 bits per heavy atom. The van der Waals surface area contributed by atoms with Gasteiger partial charge in [-0.3, -0.25) is 0 Å². The van der Waals surface area contributed by atoms with Gasteiger partial charge in [-0.25, -0.2) is 13.1 Å². The third-order valence-electron chi connectivity index (χ3n) is 2.25. The Hall–Kier alpha value is -1.84. The number of hydrogen-bond donors (Lipinski definition) is 2. The monoisotopic (exact) mass is 265 g/mol. The van der Waals surface area contributed by atoms with Crippen LogP contribution in [0.15, 0.2) is 35.2 Å². The van der Waals surface area contributed by atoms with Crippen LogP contribution < -0.4 is 10.5 Å². The van der Waals surface area contributed by atoms with Crippen LogP contribution in [0.5, 0.6) is 0 Å². The molecule has 3 N–H and O–H groups in total. The number of nitrogens with zero attached hydrogens (tertiary/aromatic N) is 1. The van der Waals surface area contributed by atoms with Crippen molar-refractivity contribution in [1.82, 2.24) is 4.72 Å². The van der Waals surface area contributed by atoms with Gasteiger partial charge < -0.3 is 5.73 Å². The predicted octanol–water partition coefficient (Wildman–Crippen LogP) is 1.38. The maximum absolute atomic E-state index is 12.0. The Balaban J connectivity index is 2.95. The highest BCUT2D eigenvalue weighted by atomic mass is 32.2. The van der Waals surface area contributed by atoms with Crippen molar-refractivity contribution in [3.63, 3.8) is 0 Å². The topological polar surface area (TPSA) is 96.0 Å². The molecule has 0 aromatic heterocycles. The molecule has 0 fully saturated rings. The maximum atomic E-state index is 12.0. The molecule has 1 aromatic carbocycles. The van der Waals surface area contributed by atoms with Gasteiger partial charge in [-0.2, -0.15) is 5.26 Å². The Bertz CT molecular complexity index is 586. The van der Waals surface area contributed by atoms with Crippen molar-refractivity contribution in [2.75, 3.05) is 12.3 Å². The second-order valence-corrected chi connectivity index (χ2v) is 5.36. The van der Waals surface area contributed by atoms with E-state index in [-0.39, 0.29) is 10.5 Å². The number of nitriles is 1. The van der Waals surface area contributed by atoms with E-state index < -0.39 is 10.0 Å². The van der Waals surface area contributed by atoms with Crippen LogP contribution in [0.1, 0.15) is 18.9 Å². The molecule has 0 heterocycles. The molecule has 0 radical (unpaired) electrons. The molecule has 0 atom stereocenters. The second-order valence-electron chi connectivity index (χ2n) is 3.62. The summed E-state index contributed by atoms with van der Waals surface area (Å²) < 4.78 is 26.4. The first-order valence-corrected chi connectivity index (χ1v) is 6.90. The van der Waals surface area contributed by atoms with Crippen LogP contribution in [-0.4, -0.2) is 15.0 Å². The summed E-state index contributed by atoms with van der Waals surface area (Å²) in [6.07, 6.45) is 4.31. The fourth-order valence-corrected chi connectivity index (χ4v) is 2.57. The molecule has 0 saturated heterocycles. The van der Waals surface area contributed by atoms with E-state index in [4.69, 9.17) is 11.0 Å². The van der Waals surface area contributed by atoms with Crippen molar-refractivity contribution in [2.24, 2.45) is 0 Å². The quantitative estimate of drug-likeness (QED) is 0.477. The molecule has 0 bridgehead atoms. The lowest BCUT2D eigenvalue weighted by molar-refractivity contribution is 0.582. The maximum Gasteiger partial charge on any atom is 0.241 e. The highest BCUT2D eigenvalue weighted by Gasteiger charge is 2.17. The number of anilines is 1.